The van der Waals surface area contributed by atoms with Crippen LogP contribution in [0.1, 0.15) is 42.1 Å². The zero-order chi connectivity index (χ0) is 16.3. The van der Waals surface area contributed by atoms with Crippen LogP contribution < -0.4 is 15.2 Å². The summed E-state index contributed by atoms with van der Waals surface area (Å²) >= 11 is 0. The Morgan fingerprint density at radius 2 is 1.86 bits per heavy atom. The fraction of sp³-hybridized carbons (Fsp3) is 0.588. The number of nitrogens with zero attached hydrogens (tertiary/aromatic N) is 1. The van der Waals surface area contributed by atoms with Crippen LogP contribution in [-0.2, 0) is 0 Å². The van der Waals surface area contributed by atoms with Crippen molar-refractivity contribution < 1.29 is 14.3 Å². The van der Waals surface area contributed by atoms with Gasteiger partial charge in [0, 0.05) is 29.8 Å². The summed E-state index contributed by atoms with van der Waals surface area (Å²) in [6.07, 6.45) is 3.11. The maximum Gasteiger partial charge on any atom is 0.254 e. The minimum atomic E-state index is -0.0292. The zero-order valence-corrected chi connectivity index (χ0v) is 13.9. The number of carbonyl (C=O) groups excluding carboxylic acids is 1. The van der Waals surface area contributed by atoms with Crippen molar-refractivity contribution in [2.24, 2.45) is 5.73 Å². The van der Waals surface area contributed by atoms with Crippen molar-refractivity contribution >= 4 is 5.91 Å². The Kier molecular flexibility index (Phi) is 5.29. The molecule has 5 heteroatoms. The van der Waals surface area contributed by atoms with Crippen LogP contribution in [0.3, 0.4) is 0 Å². The molecule has 5 nitrogen and oxygen atoms in total. The molecular weight excluding hydrogens is 280 g/mol. The SMILES string of the molecule is COc1cc(C(=O)N2CCCCC2C(C)N)cc(OC)c1C. The lowest BCUT2D eigenvalue weighted by molar-refractivity contribution is 0.0583. The molecule has 122 valence electrons. The van der Waals surface area contributed by atoms with Crippen molar-refractivity contribution in [3.05, 3.63) is 23.3 Å². The van der Waals surface area contributed by atoms with Gasteiger partial charge in [-0.1, -0.05) is 0 Å². The number of hydrogen-bond acceptors (Lipinski definition) is 4. The van der Waals surface area contributed by atoms with E-state index < -0.39 is 0 Å². The molecule has 1 aliphatic rings. The van der Waals surface area contributed by atoms with Gasteiger partial charge in [0.1, 0.15) is 11.5 Å². The molecule has 1 aliphatic heterocycles. The van der Waals surface area contributed by atoms with E-state index in [4.69, 9.17) is 15.2 Å². The maximum absolute atomic E-state index is 12.9. The van der Waals surface area contributed by atoms with Gasteiger partial charge in [0.15, 0.2) is 0 Å². The molecule has 0 radical (unpaired) electrons. The molecule has 1 heterocycles. The molecule has 1 aromatic carbocycles. The Hall–Kier alpha value is -1.75. The van der Waals surface area contributed by atoms with E-state index in [0.717, 1.165) is 31.4 Å². The lowest BCUT2D eigenvalue weighted by atomic mass is 9.95. The lowest BCUT2D eigenvalue weighted by Gasteiger charge is -2.38. The van der Waals surface area contributed by atoms with Crippen LogP contribution in [0.5, 0.6) is 11.5 Å². The van der Waals surface area contributed by atoms with Crippen LogP contribution in [-0.4, -0.2) is 43.7 Å². The average molecular weight is 306 g/mol. The number of carbonyl (C=O) groups is 1. The molecule has 1 aromatic rings. The molecule has 1 saturated heterocycles. The van der Waals surface area contributed by atoms with Gasteiger partial charge >= 0.3 is 0 Å². The molecule has 0 aliphatic carbocycles. The molecule has 2 unspecified atom stereocenters. The third kappa shape index (κ3) is 3.19. The van der Waals surface area contributed by atoms with Gasteiger partial charge < -0.3 is 20.1 Å². The summed E-state index contributed by atoms with van der Waals surface area (Å²) in [5, 5.41) is 0. The van der Waals surface area contributed by atoms with Gasteiger partial charge in [0.05, 0.1) is 14.2 Å². The van der Waals surface area contributed by atoms with E-state index in [2.05, 4.69) is 0 Å². The number of likely N-dealkylation sites (tertiary alicyclic amines) is 1. The smallest absolute Gasteiger partial charge is 0.254 e. The molecule has 1 fully saturated rings. The summed E-state index contributed by atoms with van der Waals surface area (Å²) < 4.78 is 10.7. The van der Waals surface area contributed by atoms with Gasteiger partial charge in [0.25, 0.3) is 5.91 Å². The molecular formula is C17H26N2O3. The van der Waals surface area contributed by atoms with E-state index in [1.807, 2.05) is 18.7 Å². The van der Waals surface area contributed by atoms with Gasteiger partial charge in [0.2, 0.25) is 0 Å². The van der Waals surface area contributed by atoms with Crippen molar-refractivity contribution in [1.82, 2.24) is 4.90 Å². The summed E-state index contributed by atoms with van der Waals surface area (Å²) in [7, 11) is 3.20. The average Bonchev–Trinajstić information content (AvgIpc) is 2.54. The fourth-order valence-corrected chi connectivity index (χ4v) is 3.13. The summed E-state index contributed by atoms with van der Waals surface area (Å²) in [6, 6.07) is 3.64. The normalized spacial score (nSPS) is 19.7. The van der Waals surface area contributed by atoms with E-state index in [1.165, 1.54) is 0 Å². The number of methoxy groups -OCH3 is 2. The first-order chi connectivity index (χ1) is 10.5. The van der Waals surface area contributed by atoms with Crippen LogP contribution in [0.25, 0.3) is 0 Å². The largest absolute Gasteiger partial charge is 0.496 e. The van der Waals surface area contributed by atoms with Crippen LogP contribution in [0.15, 0.2) is 12.1 Å². The third-order valence-corrected chi connectivity index (χ3v) is 4.42. The second-order valence-corrected chi connectivity index (χ2v) is 5.93. The van der Waals surface area contributed by atoms with Crippen LogP contribution >= 0.6 is 0 Å². The number of benzene rings is 1. The zero-order valence-electron chi connectivity index (χ0n) is 13.9. The van der Waals surface area contributed by atoms with Crippen molar-refractivity contribution in [2.45, 2.75) is 45.2 Å². The Bertz CT molecular complexity index is 518. The number of piperidine rings is 1. The minimum absolute atomic E-state index is 0.00130. The standard InChI is InChI=1S/C17H26N2O3/c1-11-15(21-3)9-13(10-16(11)22-4)17(20)19-8-6-5-7-14(19)12(2)18/h9-10,12,14H,5-8,18H2,1-4H3. The highest BCUT2D eigenvalue weighted by molar-refractivity contribution is 5.95. The Morgan fingerprint density at radius 3 is 2.36 bits per heavy atom. The number of hydrogen-bond donors (Lipinski definition) is 1. The quantitative estimate of drug-likeness (QED) is 0.927. The number of nitrogens with two attached hydrogens (primary N) is 1. The molecule has 2 N–H and O–H groups in total. The first-order valence-electron chi connectivity index (χ1n) is 7.78. The second-order valence-electron chi connectivity index (χ2n) is 5.93. The maximum atomic E-state index is 12.9. The highest BCUT2D eigenvalue weighted by Gasteiger charge is 2.30. The summed E-state index contributed by atoms with van der Waals surface area (Å²) in [6.45, 7) is 4.63. The first kappa shape index (κ1) is 16.6. The number of amides is 1. The second kappa shape index (κ2) is 7.01. The van der Waals surface area contributed by atoms with E-state index in [9.17, 15) is 4.79 Å². The molecule has 2 atom stereocenters. The van der Waals surface area contributed by atoms with Crippen molar-refractivity contribution in [3.8, 4) is 11.5 Å². The first-order valence-corrected chi connectivity index (χ1v) is 7.78. The van der Waals surface area contributed by atoms with E-state index in [0.29, 0.717) is 17.1 Å². The Morgan fingerprint density at radius 1 is 1.27 bits per heavy atom. The molecule has 0 saturated carbocycles. The van der Waals surface area contributed by atoms with Crippen LogP contribution in [0.4, 0.5) is 0 Å². The topological polar surface area (TPSA) is 64.8 Å². The summed E-state index contributed by atoms with van der Waals surface area (Å²) in [4.78, 5) is 14.8. The minimum Gasteiger partial charge on any atom is -0.496 e. The molecule has 0 spiro atoms. The van der Waals surface area contributed by atoms with Gasteiger partial charge in [-0.3, -0.25) is 4.79 Å². The highest BCUT2D eigenvalue weighted by atomic mass is 16.5. The third-order valence-electron chi connectivity index (χ3n) is 4.42. The molecule has 2 rings (SSSR count). The molecule has 0 aromatic heterocycles. The van der Waals surface area contributed by atoms with E-state index >= 15 is 0 Å². The highest BCUT2D eigenvalue weighted by Crippen LogP contribution is 2.31. The summed E-state index contributed by atoms with van der Waals surface area (Å²) in [5.74, 6) is 1.33. The predicted octanol–water partition coefficient (Wildman–Crippen LogP) is 2.35. The molecule has 1 amide bonds. The Balaban J connectivity index is 2.35. The van der Waals surface area contributed by atoms with Gasteiger partial charge in [-0.05, 0) is 45.2 Å². The van der Waals surface area contributed by atoms with Gasteiger partial charge in [-0.15, -0.1) is 0 Å². The van der Waals surface area contributed by atoms with Crippen LogP contribution in [0.2, 0.25) is 0 Å². The van der Waals surface area contributed by atoms with Crippen LogP contribution in [0, 0.1) is 6.92 Å². The number of rotatable bonds is 4. The lowest BCUT2D eigenvalue weighted by Crippen LogP contribution is -2.51. The van der Waals surface area contributed by atoms with Gasteiger partial charge in [-0.2, -0.15) is 0 Å². The Labute approximate surface area is 132 Å². The number of ether oxygens (including phenoxy) is 2. The van der Waals surface area contributed by atoms with Gasteiger partial charge in [-0.25, -0.2) is 0 Å². The van der Waals surface area contributed by atoms with E-state index in [1.54, 1.807) is 26.4 Å². The molecule has 0 bridgehead atoms. The van der Waals surface area contributed by atoms with Crippen molar-refractivity contribution in [1.29, 1.82) is 0 Å². The predicted molar refractivity (Wildman–Crippen MR) is 86.6 cm³/mol. The fourth-order valence-electron chi connectivity index (χ4n) is 3.13. The monoisotopic (exact) mass is 306 g/mol. The van der Waals surface area contributed by atoms with Crippen molar-refractivity contribution in [2.75, 3.05) is 20.8 Å². The summed E-state index contributed by atoms with van der Waals surface area (Å²) in [5.41, 5.74) is 7.55. The van der Waals surface area contributed by atoms with Crippen molar-refractivity contribution in [3.63, 3.8) is 0 Å². The van der Waals surface area contributed by atoms with E-state index in [-0.39, 0.29) is 18.0 Å². The molecule has 22 heavy (non-hydrogen) atoms.